The fourth-order valence-electron chi connectivity index (χ4n) is 2.91. The van der Waals surface area contributed by atoms with E-state index in [4.69, 9.17) is 24.7 Å². The Bertz CT molecular complexity index is 898. The molecule has 11 heteroatoms. The third kappa shape index (κ3) is 4.19. The second-order valence-corrected chi connectivity index (χ2v) is 6.13. The zero-order chi connectivity index (χ0) is 20.3. The molecule has 0 radical (unpaired) electrons. The Balaban J connectivity index is 1.88. The van der Waals surface area contributed by atoms with E-state index in [9.17, 15) is 9.59 Å². The van der Waals surface area contributed by atoms with Gasteiger partial charge in [-0.05, 0) is 0 Å². The molecule has 1 aliphatic rings. The first kappa shape index (κ1) is 19.5. The smallest absolute Gasteiger partial charge is 0.303 e. The van der Waals surface area contributed by atoms with Crippen LogP contribution < -0.4 is 10.5 Å². The summed E-state index contributed by atoms with van der Waals surface area (Å²) in [5.74, 6) is -0.665. The van der Waals surface area contributed by atoms with Gasteiger partial charge in [0.2, 0.25) is 11.8 Å². The average Bonchev–Trinajstić information content (AvgIpc) is 3.21. The van der Waals surface area contributed by atoms with Crippen LogP contribution in [0.1, 0.15) is 26.5 Å². The lowest BCUT2D eigenvalue weighted by Crippen LogP contribution is -2.31. The topological polar surface area (TPSA) is 141 Å². The summed E-state index contributed by atoms with van der Waals surface area (Å²) in [7, 11) is 0. The Morgan fingerprint density at radius 3 is 2.86 bits per heavy atom. The summed E-state index contributed by atoms with van der Waals surface area (Å²) >= 11 is 0. The number of nitrogen functional groups attached to an aromatic ring is 1. The van der Waals surface area contributed by atoms with E-state index in [1.165, 1.54) is 20.2 Å². The van der Waals surface area contributed by atoms with E-state index < -0.39 is 30.4 Å². The van der Waals surface area contributed by atoms with E-state index in [0.717, 1.165) is 0 Å². The van der Waals surface area contributed by atoms with Crippen molar-refractivity contribution < 1.29 is 28.5 Å². The summed E-state index contributed by atoms with van der Waals surface area (Å²) in [6, 6.07) is 0. The minimum absolute atomic E-state index is 0.0132. The van der Waals surface area contributed by atoms with Gasteiger partial charge in [0.05, 0.1) is 6.33 Å². The minimum atomic E-state index is -0.620. The molecule has 3 rings (SSSR count). The molecule has 0 aliphatic carbocycles. The molecule has 150 valence electrons. The molecule has 28 heavy (non-hydrogen) atoms. The van der Waals surface area contributed by atoms with Crippen molar-refractivity contribution in [2.45, 2.75) is 38.7 Å². The van der Waals surface area contributed by atoms with Crippen LogP contribution in [0.4, 0.5) is 5.95 Å². The quantitative estimate of drug-likeness (QED) is 0.531. The molecular formula is C17H21N5O6. The first-order valence-electron chi connectivity index (χ1n) is 8.58. The number of fused-ring (bicyclic) bond motifs is 1. The maximum absolute atomic E-state index is 11.4. The van der Waals surface area contributed by atoms with Gasteiger partial charge in [0.25, 0.3) is 0 Å². The van der Waals surface area contributed by atoms with Gasteiger partial charge in [0, 0.05) is 20.3 Å². The molecule has 2 N–H and O–H groups in total. The molecule has 0 unspecified atom stereocenters. The van der Waals surface area contributed by atoms with Crippen LogP contribution in [0.25, 0.3) is 11.2 Å². The number of anilines is 1. The number of hydrogen-bond donors (Lipinski definition) is 1. The Morgan fingerprint density at radius 2 is 2.18 bits per heavy atom. The highest BCUT2D eigenvalue weighted by Crippen LogP contribution is 2.34. The van der Waals surface area contributed by atoms with Gasteiger partial charge in [0.15, 0.2) is 11.2 Å². The molecule has 0 saturated carbocycles. The molecule has 0 aromatic carbocycles. The fourth-order valence-corrected chi connectivity index (χ4v) is 2.91. The first-order valence-corrected chi connectivity index (χ1v) is 8.58. The highest BCUT2D eigenvalue weighted by molar-refractivity contribution is 5.77. The summed E-state index contributed by atoms with van der Waals surface area (Å²) in [6.45, 7) is 6.39. The number of imidazole rings is 1. The molecule has 0 amide bonds. The van der Waals surface area contributed by atoms with Crippen LogP contribution in [0, 0.1) is 0 Å². The predicted molar refractivity (Wildman–Crippen MR) is 96.1 cm³/mol. The van der Waals surface area contributed by atoms with Gasteiger partial charge in [0.1, 0.15) is 31.6 Å². The van der Waals surface area contributed by atoms with Crippen LogP contribution in [-0.2, 0) is 23.8 Å². The van der Waals surface area contributed by atoms with Crippen molar-refractivity contribution in [1.82, 2.24) is 19.5 Å². The lowest BCUT2D eigenvalue weighted by atomic mass is 10.2. The van der Waals surface area contributed by atoms with Crippen molar-refractivity contribution in [3.8, 4) is 5.88 Å². The van der Waals surface area contributed by atoms with Gasteiger partial charge >= 0.3 is 11.9 Å². The van der Waals surface area contributed by atoms with Gasteiger partial charge in [-0.2, -0.15) is 9.97 Å². The molecule has 1 saturated heterocycles. The molecular weight excluding hydrogens is 370 g/mol. The Kier molecular flexibility index (Phi) is 5.73. The molecule has 11 nitrogen and oxygen atoms in total. The molecule has 3 heterocycles. The van der Waals surface area contributed by atoms with E-state index in [0.29, 0.717) is 17.6 Å². The average molecular weight is 391 g/mol. The molecule has 1 aliphatic heterocycles. The third-order valence-electron chi connectivity index (χ3n) is 4.00. The van der Waals surface area contributed by atoms with Crippen molar-refractivity contribution in [2.24, 2.45) is 0 Å². The predicted octanol–water partition coefficient (Wildman–Crippen LogP) is 0.756. The lowest BCUT2D eigenvalue weighted by molar-refractivity contribution is -0.155. The van der Waals surface area contributed by atoms with Crippen molar-refractivity contribution >= 4 is 29.1 Å². The maximum Gasteiger partial charge on any atom is 0.303 e. The van der Waals surface area contributed by atoms with Gasteiger partial charge in [-0.3, -0.25) is 14.2 Å². The molecule has 1 fully saturated rings. The second-order valence-electron chi connectivity index (χ2n) is 6.13. The monoisotopic (exact) mass is 391 g/mol. The van der Waals surface area contributed by atoms with Gasteiger partial charge in [-0.25, -0.2) is 4.98 Å². The molecule has 3 atom stereocenters. The molecule has 2 aromatic rings. The third-order valence-corrected chi connectivity index (χ3v) is 4.00. The van der Waals surface area contributed by atoms with E-state index in [-0.39, 0.29) is 25.0 Å². The summed E-state index contributed by atoms with van der Waals surface area (Å²) < 4.78 is 23.4. The summed E-state index contributed by atoms with van der Waals surface area (Å²) in [4.78, 5) is 35.1. The minimum Gasteiger partial charge on any atom is -0.472 e. The Morgan fingerprint density at radius 1 is 1.39 bits per heavy atom. The number of carbonyl (C=O) groups excluding carboxylic acids is 2. The number of hydrogen-bond acceptors (Lipinski definition) is 10. The number of nitrogens with zero attached hydrogens (tertiary/aromatic N) is 4. The van der Waals surface area contributed by atoms with Crippen LogP contribution in [0.5, 0.6) is 5.88 Å². The van der Waals surface area contributed by atoms with Gasteiger partial charge < -0.3 is 24.7 Å². The normalized spacial score (nSPS) is 21.4. The van der Waals surface area contributed by atoms with Crippen molar-refractivity contribution in [2.75, 3.05) is 18.9 Å². The highest BCUT2D eigenvalue weighted by atomic mass is 16.6. The molecule has 0 spiro atoms. The number of esters is 2. The van der Waals surface area contributed by atoms with E-state index >= 15 is 0 Å². The van der Waals surface area contributed by atoms with Crippen LogP contribution in [0.3, 0.4) is 0 Å². The van der Waals surface area contributed by atoms with Crippen LogP contribution in [0.15, 0.2) is 19.0 Å². The van der Waals surface area contributed by atoms with Crippen molar-refractivity contribution in [3.05, 3.63) is 19.0 Å². The zero-order valence-corrected chi connectivity index (χ0v) is 15.5. The van der Waals surface area contributed by atoms with E-state index in [1.807, 2.05) is 0 Å². The van der Waals surface area contributed by atoms with Crippen molar-refractivity contribution in [1.29, 1.82) is 0 Å². The second kappa shape index (κ2) is 8.21. The standard InChI is InChI=1S/C17H21N5O6/c1-4-5-25-16-14-15(20-17(18)21-16)22(8-19-14)13-6-11(27-10(3)24)12(28-13)7-26-9(2)23/h4,8,11-13H,1,5-7H2,2-3H3,(H2,18,20,21)/t11-,12+,13+/m0/s1. The number of aromatic nitrogens is 4. The molecule has 2 aromatic heterocycles. The maximum atomic E-state index is 11.4. The highest BCUT2D eigenvalue weighted by Gasteiger charge is 2.40. The zero-order valence-electron chi connectivity index (χ0n) is 15.5. The van der Waals surface area contributed by atoms with Crippen molar-refractivity contribution in [3.63, 3.8) is 0 Å². The SMILES string of the molecule is C=CCOc1nc(N)nc2c1ncn2[C@H]1C[C@H](OC(C)=O)[C@@H](COC(C)=O)O1. The number of nitrogens with two attached hydrogens (primary N) is 1. The number of carbonyl (C=O) groups is 2. The summed E-state index contributed by atoms with van der Waals surface area (Å²) in [5.41, 5.74) is 6.61. The van der Waals surface area contributed by atoms with Gasteiger partial charge in [-0.1, -0.05) is 12.7 Å². The van der Waals surface area contributed by atoms with Crippen LogP contribution in [0.2, 0.25) is 0 Å². The Hall–Kier alpha value is -3.21. The Labute approximate surface area is 160 Å². The van der Waals surface area contributed by atoms with Gasteiger partial charge in [-0.15, -0.1) is 0 Å². The van der Waals surface area contributed by atoms with Crippen LogP contribution in [-0.4, -0.2) is 56.9 Å². The molecule has 0 bridgehead atoms. The van der Waals surface area contributed by atoms with Crippen LogP contribution >= 0.6 is 0 Å². The fraction of sp³-hybridized carbons (Fsp3) is 0.471. The van der Waals surface area contributed by atoms with E-state index in [1.54, 1.807) is 10.6 Å². The summed E-state index contributed by atoms with van der Waals surface area (Å²) in [6.07, 6.45) is 1.65. The van der Waals surface area contributed by atoms with E-state index in [2.05, 4.69) is 21.5 Å². The summed E-state index contributed by atoms with van der Waals surface area (Å²) in [5, 5.41) is 0. The lowest BCUT2D eigenvalue weighted by Gasteiger charge is -2.17. The largest absolute Gasteiger partial charge is 0.472 e. The number of ether oxygens (including phenoxy) is 4. The number of rotatable bonds is 7. The first-order chi connectivity index (χ1) is 13.4.